The molecule has 0 saturated carbocycles. The zero-order valence-electron chi connectivity index (χ0n) is 20.5. The minimum absolute atomic E-state index is 0.156. The van der Waals surface area contributed by atoms with E-state index in [1.54, 1.807) is 12.1 Å². The third-order valence-electron chi connectivity index (χ3n) is 6.42. The van der Waals surface area contributed by atoms with Crippen LogP contribution in [-0.4, -0.2) is 17.7 Å². The normalized spacial score (nSPS) is 11.1. The van der Waals surface area contributed by atoms with Crippen LogP contribution in [0.25, 0.3) is 10.9 Å². The molecule has 0 radical (unpaired) electrons. The van der Waals surface area contributed by atoms with Crippen molar-refractivity contribution in [2.75, 3.05) is 6.61 Å². The van der Waals surface area contributed by atoms with Gasteiger partial charge < -0.3 is 9.84 Å². The molecule has 0 saturated heterocycles. The Kier molecular flexibility index (Phi) is 11.4. The monoisotopic (exact) mass is 462 g/mol. The summed E-state index contributed by atoms with van der Waals surface area (Å²) < 4.78 is 7.67. The number of pyridine rings is 1. The summed E-state index contributed by atoms with van der Waals surface area (Å²) in [6.45, 7) is 1.58. The number of carbonyl (C=O) groups excluding carboxylic acids is 1. The van der Waals surface area contributed by atoms with E-state index in [0.717, 1.165) is 19.4 Å². The summed E-state index contributed by atoms with van der Waals surface area (Å²) in [5.74, 6) is -0.157. The number of rotatable bonds is 16. The number of phenolic OH excluding ortho intramolecular Hbond substituents is 1. The molecule has 0 aliphatic rings. The van der Waals surface area contributed by atoms with Crippen molar-refractivity contribution in [1.29, 1.82) is 0 Å². The summed E-state index contributed by atoms with van der Waals surface area (Å²) in [6.07, 6.45) is 17.3. The molecule has 2 aromatic carbocycles. The standard InChI is InChI=1S/C30H39NO3/c32-28-21-19-27(20-22-28)30(33)34-25-14-10-8-6-4-2-1-3-5-7-9-13-23-31-24-15-17-26-16-11-12-18-29(26)31/h11-12,15-22,24H,1-10,13-14,23,25H2/p+1. The molecule has 0 aliphatic heterocycles. The number of hydrogen-bond donors (Lipinski definition) is 1. The van der Waals surface area contributed by atoms with Crippen LogP contribution in [0, 0.1) is 0 Å². The topological polar surface area (TPSA) is 50.4 Å². The maximum absolute atomic E-state index is 11.9. The highest BCUT2D eigenvalue weighted by atomic mass is 16.5. The number of carbonyl (C=O) groups is 1. The summed E-state index contributed by atoms with van der Waals surface area (Å²) in [5, 5.41) is 10.6. The number of fused-ring (bicyclic) bond motifs is 1. The van der Waals surface area contributed by atoms with E-state index < -0.39 is 0 Å². The van der Waals surface area contributed by atoms with Gasteiger partial charge in [-0.15, -0.1) is 0 Å². The summed E-state index contributed by atoms with van der Waals surface area (Å²) in [5.41, 5.74) is 1.82. The van der Waals surface area contributed by atoms with Gasteiger partial charge in [0.1, 0.15) is 12.3 Å². The van der Waals surface area contributed by atoms with E-state index in [1.807, 2.05) is 0 Å². The first-order valence-corrected chi connectivity index (χ1v) is 13.1. The average molecular weight is 463 g/mol. The first-order valence-electron chi connectivity index (χ1n) is 13.1. The largest absolute Gasteiger partial charge is 0.508 e. The minimum Gasteiger partial charge on any atom is -0.508 e. The molecule has 4 heteroatoms. The Labute approximate surface area is 204 Å². The van der Waals surface area contributed by atoms with E-state index in [4.69, 9.17) is 4.74 Å². The Balaban J connectivity index is 1.09. The van der Waals surface area contributed by atoms with Crippen molar-refractivity contribution in [2.45, 2.75) is 83.6 Å². The van der Waals surface area contributed by atoms with Crippen LogP contribution in [0.15, 0.2) is 66.9 Å². The lowest BCUT2D eigenvalue weighted by Gasteiger charge is -2.05. The van der Waals surface area contributed by atoms with Gasteiger partial charge in [-0.1, -0.05) is 69.9 Å². The molecule has 3 aromatic rings. The Morgan fingerprint density at radius 1 is 0.676 bits per heavy atom. The van der Waals surface area contributed by atoms with E-state index >= 15 is 0 Å². The predicted molar refractivity (Wildman–Crippen MR) is 138 cm³/mol. The predicted octanol–water partition coefficient (Wildman–Crippen LogP) is 7.37. The van der Waals surface area contributed by atoms with Gasteiger partial charge in [0.15, 0.2) is 6.20 Å². The summed E-state index contributed by atoms with van der Waals surface area (Å²) in [7, 11) is 0. The van der Waals surface area contributed by atoms with Gasteiger partial charge in [0, 0.05) is 23.9 Å². The smallest absolute Gasteiger partial charge is 0.338 e. The number of aromatic hydroxyl groups is 1. The molecule has 0 unspecified atom stereocenters. The molecule has 0 spiro atoms. The third kappa shape index (κ3) is 9.17. The van der Waals surface area contributed by atoms with Gasteiger partial charge in [0.05, 0.1) is 12.2 Å². The van der Waals surface area contributed by atoms with Crippen LogP contribution in [0.4, 0.5) is 0 Å². The van der Waals surface area contributed by atoms with Gasteiger partial charge in [-0.3, -0.25) is 0 Å². The molecule has 1 aromatic heterocycles. The van der Waals surface area contributed by atoms with Gasteiger partial charge >= 0.3 is 5.97 Å². The van der Waals surface area contributed by atoms with Crippen LogP contribution in [0.1, 0.15) is 87.4 Å². The zero-order valence-corrected chi connectivity index (χ0v) is 20.5. The van der Waals surface area contributed by atoms with Crippen molar-refractivity contribution in [1.82, 2.24) is 0 Å². The van der Waals surface area contributed by atoms with E-state index in [2.05, 4.69) is 47.2 Å². The van der Waals surface area contributed by atoms with E-state index in [-0.39, 0.29) is 11.7 Å². The second kappa shape index (κ2) is 15.1. The van der Waals surface area contributed by atoms with Crippen molar-refractivity contribution < 1.29 is 19.2 Å². The van der Waals surface area contributed by atoms with Crippen molar-refractivity contribution >= 4 is 16.9 Å². The molecule has 0 bridgehead atoms. The molecule has 0 atom stereocenters. The number of aromatic nitrogens is 1. The number of benzene rings is 2. The molecule has 4 nitrogen and oxygen atoms in total. The SMILES string of the molecule is O=C(OCCCCCCCCCCCCCC[n+]1cccc2ccccc21)c1ccc(O)cc1. The Bertz CT molecular complexity index is 979. The van der Waals surface area contributed by atoms with Crippen LogP contribution < -0.4 is 4.57 Å². The summed E-state index contributed by atoms with van der Waals surface area (Å²) in [4.78, 5) is 11.9. The Morgan fingerprint density at radius 3 is 1.91 bits per heavy atom. The highest BCUT2D eigenvalue weighted by Gasteiger charge is 2.07. The quantitative estimate of drug-likeness (QED) is 0.137. The number of ether oxygens (including phenoxy) is 1. The molecule has 0 amide bonds. The molecule has 0 aliphatic carbocycles. The van der Waals surface area contributed by atoms with Crippen molar-refractivity contribution in [3.05, 3.63) is 72.4 Å². The zero-order chi connectivity index (χ0) is 23.8. The summed E-state index contributed by atoms with van der Waals surface area (Å²) >= 11 is 0. The Hall–Kier alpha value is -2.88. The van der Waals surface area contributed by atoms with Gasteiger partial charge in [-0.2, -0.15) is 4.57 Å². The van der Waals surface area contributed by atoms with Crippen LogP contribution in [-0.2, 0) is 11.3 Å². The first kappa shape index (κ1) is 25.7. The summed E-state index contributed by atoms with van der Waals surface area (Å²) in [6, 6.07) is 19.1. The maximum Gasteiger partial charge on any atom is 0.338 e. The molecule has 34 heavy (non-hydrogen) atoms. The van der Waals surface area contributed by atoms with Gasteiger partial charge in [0.25, 0.3) is 0 Å². The van der Waals surface area contributed by atoms with Crippen LogP contribution in [0.2, 0.25) is 0 Å². The fourth-order valence-electron chi connectivity index (χ4n) is 4.41. The number of para-hydroxylation sites is 1. The van der Waals surface area contributed by atoms with Crippen molar-refractivity contribution in [2.24, 2.45) is 0 Å². The lowest BCUT2D eigenvalue weighted by molar-refractivity contribution is -0.671. The number of nitrogens with zero attached hydrogens (tertiary/aromatic N) is 1. The number of esters is 1. The van der Waals surface area contributed by atoms with E-state index in [9.17, 15) is 9.90 Å². The van der Waals surface area contributed by atoms with Crippen molar-refractivity contribution in [3.8, 4) is 5.75 Å². The average Bonchev–Trinajstić information content (AvgIpc) is 2.86. The fourth-order valence-corrected chi connectivity index (χ4v) is 4.41. The molecule has 0 fully saturated rings. The van der Waals surface area contributed by atoms with Gasteiger partial charge in [-0.05, 0) is 49.2 Å². The number of aryl methyl sites for hydroxylation is 1. The number of phenols is 1. The van der Waals surface area contributed by atoms with Crippen LogP contribution >= 0.6 is 0 Å². The molecular weight excluding hydrogens is 422 g/mol. The Morgan fingerprint density at radius 2 is 1.24 bits per heavy atom. The molecule has 1 N–H and O–H groups in total. The molecular formula is C30H40NO3+. The van der Waals surface area contributed by atoms with Crippen LogP contribution in [0.3, 0.4) is 0 Å². The van der Waals surface area contributed by atoms with E-state index in [0.29, 0.717) is 12.2 Å². The lowest BCUT2D eigenvalue weighted by Crippen LogP contribution is -2.33. The third-order valence-corrected chi connectivity index (χ3v) is 6.42. The van der Waals surface area contributed by atoms with E-state index in [1.165, 1.54) is 87.2 Å². The fraction of sp³-hybridized carbons (Fsp3) is 0.467. The highest BCUT2D eigenvalue weighted by molar-refractivity contribution is 5.89. The molecule has 1 heterocycles. The lowest BCUT2D eigenvalue weighted by atomic mass is 10.1. The van der Waals surface area contributed by atoms with Crippen LogP contribution in [0.5, 0.6) is 5.75 Å². The van der Waals surface area contributed by atoms with Gasteiger partial charge in [0.2, 0.25) is 5.52 Å². The molecule has 3 rings (SSSR count). The maximum atomic E-state index is 11.9. The van der Waals surface area contributed by atoms with Gasteiger partial charge in [-0.25, -0.2) is 4.79 Å². The minimum atomic E-state index is -0.313. The highest BCUT2D eigenvalue weighted by Crippen LogP contribution is 2.14. The molecule has 182 valence electrons. The van der Waals surface area contributed by atoms with Crippen molar-refractivity contribution in [3.63, 3.8) is 0 Å². The number of unbranched alkanes of at least 4 members (excludes halogenated alkanes) is 11. The second-order valence-corrected chi connectivity index (χ2v) is 9.19. The second-order valence-electron chi connectivity index (χ2n) is 9.19. The number of hydrogen-bond acceptors (Lipinski definition) is 3. The first-order chi connectivity index (χ1) is 16.7.